The van der Waals surface area contributed by atoms with Gasteiger partial charge in [-0.2, -0.15) is 0 Å². The van der Waals surface area contributed by atoms with Gasteiger partial charge in [-0.3, -0.25) is 19.4 Å². The van der Waals surface area contributed by atoms with Crippen LogP contribution in [0.25, 0.3) is 17.0 Å². The van der Waals surface area contributed by atoms with Crippen LogP contribution < -0.4 is 19.9 Å². The Balaban J connectivity index is 1.27. The first-order valence-corrected chi connectivity index (χ1v) is 13.9. The number of anilines is 2. The fourth-order valence-electron chi connectivity index (χ4n) is 5.11. The number of halogens is 1. The number of nitrogens with zero attached hydrogens (tertiary/aromatic N) is 3. The molecule has 0 spiro atoms. The largest absolute Gasteiger partial charge is 0.480 e. The van der Waals surface area contributed by atoms with Crippen LogP contribution in [-0.2, 0) is 9.59 Å². The molecule has 214 valence electrons. The smallest absolute Gasteiger partial charge is 0.322 e. The third-order valence-electron chi connectivity index (χ3n) is 7.34. The molecule has 2 aromatic heterocycles. The second kappa shape index (κ2) is 11.2. The average molecular weight is 587 g/mol. The van der Waals surface area contributed by atoms with E-state index < -0.39 is 18.4 Å². The van der Waals surface area contributed by atoms with Gasteiger partial charge >= 0.3 is 5.97 Å². The predicted octanol–water partition coefficient (Wildman–Crippen LogP) is 5.43. The van der Waals surface area contributed by atoms with Crippen molar-refractivity contribution in [2.24, 2.45) is 0 Å². The third kappa shape index (κ3) is 5.40. The lowest BCUT2D eigenvalue weighted by Gasteiger charge is -2.38. The fraction of sp³-hybridized carbons (Fsp3) is 0.226. The van der Waals surface area contributed by atoms with Gasteiger partial charge in [0, 0.05) is 54.6 Å². The lowest BCUT2D eigenvalue weighted by molar-refractivity contribution is -0.137. The van der Waals surface area contributed by atoms with E-state index in [0.717, 1.165) is 23.5 Å². The quantitative estimate of drug-likeness (QED) is 0.262. The zero-order valence-corrected chi connectivity index (χ0v) is 23.4. The minimum absolute atomic E-state index is 0.216. The monoisotopic (exact) mass is 586 g/mol. The Kier molecular flexibility index (Phi) is 7.30. The molecule has 3 heterocycles. The third-order valence-corrected chi connectivity index (χ3v) is 7.63. The Hall–Kier alpha value is -4.83. The molecule has 0 atom stereocenters. The van der Waals surface area contributed by atoms with Gasteiger partial charge in [-0.1, -0.05) is 23.7 Å². The normalized spacial score (nSPS) is 14.7. The summed E-state index contributed by atoms with van der Waals surface area (Å²) in [6, 6.07) is 13.4. The van der Waals surface area contributed by atoms with Crippen LogP contribution in [0.4, 0.5) is 11.4 Å². The number of carbonyl (C=O) groups excluding carboxylic acids is 2. The van der Waals surface area contributed by atoms with Gasteiger partial charge < -0.3 is 29.4 Å². The maximum atomic E-state index is 13.9. The van der Waals surface area contributed by atoms with Gasteiger partial charge in [-0.05, 0) is 50.1 Å². The number of aryl methyl sites for hydroxylation is 1. The summed E-state index contributed by atoms with van der Waals surface area (Å²) >= 11 is 6.57. The number of ether oxygens (including phenoxy) is 1. The van der Waals surface area contributed by atoms with E-state index in [2.05, 4.69) is 21.3 Å². The summed E-state index contributed by atoms with van der Waals surface area (Å²) in [5.41, 5.74) is 3.43. The highest BCUT2D eigenvalue weighted by atomic mass is 35.5. The van der Waals surface area contributed by atoms with Crippen molar-refractivity contribution in [3.8, 4) is 11.5 Å². The molecule has 11 heteroatoms. The molecule has 0 bridgehead atoms. The Morgan fingerprint density at radius 2 is 1.93 bits per heavy atom. The SMILES string of the molecule is Cc1c(/C=C/C(=O)NCC(=O)O)oc2cc(Cl)c(Oc3ccncc3C(=O)N3CCN(C4CC4)c4ccccc43)cc12. The summed E-state index contributed by atoms with van der Waals surface area (Å²) in [6.45, 7) is 2.64. The molecular weight excluding hydrogens is 560 g/mol. The standard InChI is InChI=1S/C31H27ClN4O6/c1-18-20-14-28(22(32)15-27(20)41-25(18)8-9-29(37)34-17-30(38)39)42-26-10-11-33-16-21(26)31(40)36-13-12-35(19-6-7-19)23-4-2-3-5-24(23)36/h2-5,8-11,14-16,19H,6-7,12-13,17H2,1H3,(H,34,37)(H,38,39)/b9-8+. The number of benzene rings is 2. The highest BCUT2D eigenvalue weighted by molar-refractivity contribution is 6.32. The number of aliphatic carboxylic acids is 1. The number of furan rings is 1. The van der Waals surface area contributed by atoms with Gasteiger partial charge in [0.2, 0.25) is 5.91 Å². The molecule has 2 amide bonds. The highest BCUT2D eigenvalue weighted by Gasteiger charge is 2.36. The van der Waals surface area contributed by atoms with Gasteiger partial charge in [-0.15, -0.1) is 0 Å². The number of hydrogen-bond donors (Lipinski definition) is 2. The van der Waals surface area contributed by atoms with E-state index in [0.29, 0.717) is 46.4 Å². The predicted molar refractivity (Wildman–Crippen MR) is 158 cm³/mol. The van der Waals surface area contributed by atoms with E-state index in [1.165, 1.54) is 31.2 Å². The average Bonchev–Trinajstić information content (AvgIpc) is 3.79. The number of para-hydroxylation sites is 2. The number of carboxylic acids is 1. The molecule has 42 heavy (non-hydrogen) atoms. The van der Waals surface area contributed by atoms with Crippen LogP contribution in [0.15, 0.2) is 65.4 Å². The number of carboxylic acid groups (broad SMARTS) is 1. The van der Waals surface area contributed by atoms with Crippen LogP contribution in [0, 0.1) is 6.92 Å². The Bertz CT molecular complexity index is 1740. The van der Waals surface area contributed by atoms with E-state index in [1.54, 1.807) is 29.3 Å². The van der Waals surface area contributed by atoms with Gasteiger partial charge in [-0.25, -0.2) is 0 Å². The molecule has 1 aliphatic carbocycles. The molecule has 4 aromatic rings. The summed E-state index contributed by atoms with van der Waals surface area (Å²) in [5, 5.41) is 11.9. The topological polar surface area (TPSA) is 125 Å². The first kappa shape index (κ1) is 27.3. The molecule has 10 nitrogen and oxygen atoms in total. The maximum Gasteiger partial charge on any atom is 0.322 e. The number of rotatable bonds is 8. The highest BCUT2D eigenvalue weighted by Crippen LogP contribution is 2.42. The van der Waals surface area contributed by atoms with E-state index >= 15 is 0 Å². The van der Waals surface area contributed by atoms with Crippen molar-refractivity contribution in [1.82, 2.24) is 10.3 Å². The van der Waals surface area contributed by atoms with Crippen molar-refractivity contribution >= 4 is 57.8 Å². The van der Waals surface area contributed by atoms with Crippen molar-refractivity contribution in [3.63, 3.8) is 0 Å². The number of hydrogen-bond acceptors (Lipinski definition) is 7. The second-order valence-electron chi connectivity index (χ2n) is 10.2. The lowest BCUT2D eigenvalue weighted by Crippen LogP contribution is -2.45. The summed E-state index contributed by atoms with van der Waals surface area (Å²) in [6.07, 6.45) is 8.06. The number of aromatic nitrogens is 1. The Morgan fingerprint density at radius 3 is 2.69 bits per heavy atom. The van der Waals surface area contributed by atoms with Crippen LogP contribution in [0.3, 0.4) is 0 Å². The van der Waals surface area contributed by atoms with Crippen molar-refractivity contribution in [2.75, 3.05) is 29.4 Å². The zero-order chi connectivity index (χ0) is 29.4. The minimum Gasteiger partial charge on any atom is -0.480 e. The first-order chi connectivity index (χ1) is 20.3. The maximum absolute atomic E-state index is 13.9. The number of nitrogens with one attached hydrogen (secondary N) is 1. The number of carbonyl (C=O) groups is 3. The lowest BCUT2D eigenvalue weighted by atomic mass is 10.1. The molecule has 0 radical (unpaired) electrons. The molecule has 1 aliphatic heterocycles. The van der Waals surface area contributed by atoms with E-state index in [9.17, 15) is 14.4 Å². The summed E-state index contributed by atoms with van der Waals surface area (Å²) in [4.78, 5) is 44.8. The van der Waals surface area contributed by atoms with Crippen LogP contribution in [0.2, 0.25) is 5.02 Å². The molecule has 2 N–H and O–H groups in total. The van der Waals surface area contributed by atoms with Crippen molar-refractivity contribution in [2.45, 2.75) is 25.8 Å². The molecule has 1 saturated carbocycles. The minimum atomic E-state index is -1.14. The van der Waals surface area contributed by atoms with Gasteiger partial charge in [0.15, 0.2) is 0 Å². The van der Waals surface area contributed by atoms with Crippen molar-refractivity contribution < 1.29 is 28.6 Å². The summed E-state index contributed by atoms with van der Waals surface area (Å²) in [7, 11) is 0. The first-order valence-electron chi connectivity index (χ1n) is 13.5. The van der Waals surface area contributed by atoms with E-state index in [-0.39, 0.29) is 10.9 Å². The molecule has 0 unspecified atom stereocenters. The number of fused-ring (bicyclic) bond motifs is 2. The van der Waals surface area contributed by atoms with Crippen LogP contribution in [0.1, 0.15) is 34.5 Å². The van der Waals surface area contributed by atoms with E-state index in [4.69, 9.17) is 25.9 Å². The number of pyridine rings is 1. The van der Waals surface area contributed by atoms with Crippen molar-refractivity contribution in [1.29, 1.82) is 0 Å². The Morgan fingerprint density at radius 1 is 1.14 bits per heavy atom. The van der Waals surface area contributed by atoms with E-state index in [1.807, 2.05) is 25.1 Å². The van der Waals surface area contributed by atoms with Crippen LogP contribution >= 0.6 is 11.6 Å². The van der Waals surface area contributed by atoms with Crippen molar-refractivity contribution in [3.05, 3.63) is 82.8 Å². The second-order valence-corrected chi connectivity index (χ2v) is 10.6. The molecular formula is C31H27ClN4O6. The van der Waals surface area contributed by atoms with Crippen LogP contribution in [0.5, 0.6) is 11.5 Å². The van der Waals surface area contributed by atoms with Gasteiger partial charge in [0.05, 0.1) is 16.4 Å². The zero-order valence-electron chi connectivity index (χ0n) is 22.7. The van der Waals surface area contributed by atoms with Gasteiger partial charge in [0.1, 0.15) is 35.0 Å². The summed E-state index contributed by atoms with van der Waals surface area (Å²) in [5.74, 6) is -0.875. The molecule has 2 aliphatic rings. The molecule has 1 fully saturated rings. The summed E-state index contributed by atoms with van der Waals surface area (Å²) < 4.78 is 12.1. The molecule has 0 saturated heterocycles. The van der Waals surface area contributed by atoms with Gasteiger partial charge in [0.25, 0.3) is 5.91 Å². The van der Waals surface area contributed by atoms with Crippen LogP contribution in [-0.4, -0.2) is 53.6 Å². The Labute approximate surface area is 246 Å². The molecule has 2 aromatic carbocycles. The fourth-order valence-corrected chi connectivity index (χ4v) is 5.30. The molecule has 6 rings (SSSR count). The number of amides is 2.